The fourth-order valence-corrected chi connectivity index (χ4v) is 3.71. The van der Waals surface area contributed by atoms with Gasteiger partial charge in [0.1, 0.15) is 17.7 Å². The van der Waals surface area contributed by atoms with Crippen LogP contribution in [0.5, 0.6) is 0 Å². The van der Waals surface area contributed by atoms with E-state index in [0.717, 1.165) is 31.6 Å². The number of hydrogen-bond donors (Lipinski definition) is 1. The minimum Gasteiger partial charge on any atom is -0.382 e. The highest BCUT2D eigenvalue weighted by Crippen LogP contribution is 2.24. The predicted molar refractivity (Wildman–Crippen MR) is 109 cm³/mol. The minimum atomic E-state index is -0.308. The zero-order chi connectivity index (χ0) is 20.4. The zero-order valence-electron chi connectivity index (χ0n) is 16.3. The molecule has 1 aromatic carbocycles. The van der Waals surface area contributed by atoms with Crippen molar-refractivity contribution in [3.63, 3.8) is 0 Å². The van der Waals surface area contributed by atoms with Gasteiger partial charge in [-0.3, -0.25) is 9.69 Å². The van der Waals surface area contributed by atoms with Gasteiger partial charge in [-0.25, -0.2) is 19.3 Å². The third kappa shape index (κ3) is 4.32. The van der Waals surface area contributed by atoms with Crippen molar-refractivity contribution in [2.45, 2.75) is 19.9 Å². The van der Waals surface area contributed by atoms with Gasteiger partial charge in [0.25, 0.3) is 0 Å². The third-order valence-corrected chi connectivity index (χ3v) is 5.20. The Morgan fingerprint density at radius 1 is 1.14 bits per heavy atom. The molecule has 0 spiro atoms. The molecule has 2 aromatic heterocycles. The standard InChI is InChI=1S/C21H23FN6O/c1-14(29)28-6-2-5-27(7-8-28)12-15-9-16(11-17(22)10-15)18-3-4-19-20(26-18)21(23)25-13-24-19/h3-4,9-11,13H,2,5-8,12H2,1H3,(H2,23,24,25). The number of nitrogens with two attached hydrogens (primary N) is 1. The van der Waals surface area contributed by atoms with Gasteiger partial charge in [0, 0.05) is 45.2 Å². The first kappa shape index (κ1) is 19.2. The second-order valence-corrected chi connectivity index (χ2v) is 7.31. The first-order valence-electron chi connectivity index (χ1n) is 9.64. The van der Waals surface area contributed by atoms with Crippen molar-refractivity contribution in [3.8, 4) is 11.3 Å². The largest absolute Gasteiger partial charge is 0.382 e. The van der Waals surface area contributed by atoms with Gasteiger partial charge in [0.05, 0.1) is 11.2 Å². The molecule has 0 atom stereocenters. The van der Waals surface area contributed by atoms with Crippen LogP contribution >= 0.6 is 0 Å². The third-order valence-electron chi connectivity index (χ3n) is 5.20. The summed E-state index contributed by atoms with van der Waals surface area (Å²) < 4.78 is 14.4. The highest BCUT2D eigenvalue weighted by Gasteiger charge is 2.17. The van der Waals surface area contributed by atoms with Crippen LogP contribution in [0.2, 0.25) is 0 Å². The molecule has 1 aliphatic rings. The lowest BCUT2D eigenvalue weighted by Gasteiger charge is -2.21. The number of halogens is 1. The number of benzene rings is 1. The number of anilines is 1. The smallest absolute Gasteiger partial charge is 0.219 e. The van der Waals surface area contributed by atoms with E-state index < -0.39 is 0 Å². The first-order valence-corrected chi connectivity index (χ1v) is 9.64. The van der Waals surface area contributed by atoms with Crippen LogP contribution in [0.4, 0.5) is 10.2 Å². The Morgan fingerprint density at radius 3 is 2.83 bits per heavy atom. The van der Waals surface area contributed by atoms with Gasteiger partial charge >= 0.3 is 0 Å². The average Bonchev–Trinajstić information content (AvgIpc) is 2.93. The summed E-state index contributed by atoms with van der Waals surface area (Å²) in [6.45, 7) is 5.33. The molecule has 0 bridgehead atoms. The summed E-state index contributed by atoms with van der Waals surface area (Å²) in [4.78, 5) is 28.4. The van der Waals surface area contributed by atoms with Gasteiger partial charge in [-0.05, 0) is 42.3 Å². The molecule has 1 fully saturated rings. The molecule has 29 heavy (non-hydrogen) atoms. The highest BCUT2D eigenvalue weighted by atomic mass is 19.1. The Morgan fingerprint density at radius 2 is 2.00 bits per heavy atom. The van der Waals surface area contributed by atoms with E-state index in [9.17, 15) is 9.18 Å². The van der Waals surface area contributed by atoms with Crippen LogP contribution in [0.25, 0.3) is 22.3 Å². The maximum atomic E-state index is 14.4. The number of hydrogen-bond acceptors (Lipinski definition) is 6. The van der Waals surface area contributed by atoms with E-state index in [1.54, 1.807) is 13.0 Å². The lowest BCUT2D eigenvalue weighted by Crippen LogP contribution is -2.33. The SMILES string of the molecule is CC(=O)N1CCCN(Cc2cc(F)cc(-c3ccc4ncnc(N)c4n3)c2)CC1. The normalized spacial score (nSPS) is 15.4. The summed E-state index contributed by atoms with van der Waals surface area (Å²) in [5, 5.41) is 0. The van der Waals surface area contributed by atoms with E-state index in [2.05, 4.69) is 19.9 Å². The van der Waals surface area contributed by atoms with E-state index in [4.69, 9.17) is 5.73 Å². The number of nitrogen functional groups attached to an aromatic ring is 1. The zero-order valence-corrected chi connectivity index (χ0v) is 16.3. The molecule has 3 heterocycles. The van der Waals surface area contributed by atoms with E-state index in [1.165, 1.54) is 12.4 Å². The number of amides is 1. The van der Waals surface area contributed by atoms with Crippen LogP contribution in [0, 0.1) is 5.82 Å². The van der Waals surface area contributed by atoms with Crippen molar-refractivity contribution in [2.75, 3.05) is 31.9 Å². The molecule has 150 valence electrons. The van der Waals surface area contributed by atoms with Crippen molar-refractivity contribution >= 4 is 22.8 Å². The number of nitrogens with zero attached hydrogens (tertiary/aromatic N) is 5. The van der Waals surface area contributed by atoms with Crippen LogP contribution < -0.4 is 5.73 Å². The van der Waals surface area contributed by atoms with E-state index in [1.807, 2.05) is 23.1 Å². The maximum Gasteiger partial charge on any atom is 0.219 e. The number of carbonyl (C=O) groups excluding carboxylic acids is 1. The molecule has 0 saturated carbocycles. The molecule has 0 unspecified atom stereocenters. The number of aromatic nitrogens is 3. The highest BCUT2D eigenvalue weighted by molar-refractivity contribution is 5.85. The summed E-state index contributed by atoms with van der Waals surface area (Å²) >= 11 is 0. The number of carbonyl (C=O) groups is 1. The molecular formula is C21H23FN6O. The fraction of sp³-hybridized carbons (Fsp3) is 0.333. The number of fused-ring (bicyclic) bond motifs is 1. The summed E-state index contributed by atoms with van der Waals surface area (Å²) in [6, 6.07) is 8.59. The second kappa shape index (κ2) is 8.08. The van der Waals surface area contributed by atoms with Crippen molar-refractivity contribution in [1.29, 1.82) is 0 Å². The van der Waals surface area contributed by atoms with Gasteiger partial charge < -0.3 is 10.6 Å². The summed E-state index contributed by atoms with van der Waals surface area (Å²) in [6.07, 6.45) is 2.31. The van der Waals surface area contributed by atoms with Crippen LogP contribution in [0.3, 0.4) is 0 Å². The fourth-order valence-electron chi connectivity index (χ4n) is 3.71. The summed E-state index contributed by atoms with van der Waals surface area (Å²) in [5.41, 5.74) is 9.25. The topological polar surface area (TPSA) is 88.2 Å². The molecule has 1 saturated heterocycles. The van der Waals surface area contributed by atoms with Crippen LogP contribution in [0.15, 0.2) is 36.7 Å². The Kier molecular flexibility index (Phi) is 5.35. The van der Waals surface area contributed by atoms with Crippen molar-refractivity contribution in [2.24, 2.45) is 0 Å². The molecule has 0 aliphatic carbocycles. The Labute approximate surface area is 168 Å². The molecule has 0 radical (unpaired) electrons. The quantitative estimate of drug-likeness (QED) is 0.734. The molecule has 4 rings (SSSR count). The van der Waals surface area contributed by atoms with Gasteiger partial charge in [-0.15, -0.1) is 0 Å². The molecule has 8 heteroatoms. The molecular weight excluding hydrogens is 371 g/mol. The Hall–Kier alpha value is -3.13. The predicted octanol–water partition coefficient (Wildman–Crippen LogP) is 2.47. The van der Waals surface area contributed by atoms with Gasteiger partial charge in [-0.1, -0.05) is 0 Å². The van der Waals surface area contributed by atoms with Crippen LogP contribution in [-0.4, -0.2) is 56.8 Å². The second-order valence-electron chi connectivity index (χ2n) is 7.31. The van der Waals surface area contributed by atoms with E-state index in [-0.39, 0.29) is 11.7 Å². The summed E-state index contributed by atoms with van der Waals surface area (Å²) in [7, 11) is 0. The lowest BCUT2D eigenvalue weighted by atomic mass is 10.1. The van der Waals surface area contributed by atoms with Gasteiger partial charge in [0.2, 0.25) is 5.91 Å². The van der Waals surface area contributed by atoms with Gasteiger partial charge in [-0.2, -0.15) is 0 Å². The average molecular weight is 394 g/mol. The monoisotopic (exact) mass is 394 g/mol. The Balaban J connectivity index is 1.58. The first-order chi connectivity index (χ1) is 14.0. The number of pyridine rings is 1. The number of rotatable bonds is 3. The Bertz CT molecular complexity index is 1060. The van der Waals surface area contributed by atoms with Gasteiger partial charge in [0.15, 0.2) is 5.82 Å². The maximum absolute atomic E-state index is 14.4. The van der Waals surface area contributed by atoms with Crippen LogP contribution in [0.1, 0.15) is 18.9 Å². The molecule has 1 aliphatic heterocycles. The summed E-state index contributed by atoms with van der Waals surface area (Å²) in [5.74, 6) is 0.0930. The van der Waals surface area contributed by atoms with E-state index in [0.29, 0.717) is 41.2 Å². The van der Waals surface area contributed by atoms with E-state index >= 15 is 0 Å². The molecule has 1 amide bonds. The van der Waals surface area contributed by atoms with Crippen molar-refractivity contribution in [1.82, 2.24) is 24.8 Å². The molecule has 3 aromatic rings. The van der Waals surface area contributed by atoms with Crippen molar-refractivity contribution < 1.29 is 9.18 Å². The van der Waals surface area contributed by atoms with Crippen LogP contribution in [-0.2, 0) is 11.3 Å². The van der Waals surface area contributed by atoms with Crippen molar-refractivity contribution in [3.05, 3.63) is 48.0 Å². The molecule has 2 N–H and O–H groups in total. The minimum absolute atomic E-state index is 0.102. The lowest BCUT2D eigenvalue weighted by molar-refractivity contribution is -0.128. The molecule has 7 nitrogen and oxygen atoms in total.